The molecule has 1 unspecified atom stereocenters. The molecule has 2 aromatic carbocycles. The van der Waals surface area contributed by atoms with Gasteiger partial charge in [0, 0.05) is 5.69 Å². The van der Waals surface area contributed by atoms with Gasteiger partial charge in [-0.3, -0.25) is 9.59 Å². The maximum Gasteiger partial charge on any atom is 0.256 e. The van der Waals surface area contributed by atoms with Crippen LogP contribution >= 0.6 is 0 Å². The molecule has 1 saturated heterocycles. The SMILES string of the molecule is Cc1ccc(N2C(=O)CC(Nc3cccc(C)c3C)C2=O)cc1C. The summed E-state index contributed by atoms with van der Waals surface area (Å²) in [4.78, 5) is 26.5. The number of nitrogens with zero attached hydrogens (tertiary/aromatic N) is 1. The summed E-state index contributed by atoms with van der Waals surface area (Å²) in [5.74, 6) is -0.352. The van der Waals surface area contributed by atoms with Crippen molar-refractivity contribution in [2.24, 2.45) is 0 Å². The lowest BCUT2D eigenvalue weighted by Gasteiger charge is -2.18. The van der Waals surface area contributed by atoms with Gasteiger partial charge in [-0.15, -0.1) is 0 Å². The number of carbonyl (C=O) groups excluding carboxylic acids is 2. The van der Waals surface area contributed by atoms with Crippen molar-refractivity contribution in [3.05, 3.63) is 58.7 Å². The minimum Gasteiger partial charge on any atom is -0.373 e. The van der Waals surface area contributed by atoms with E-state index in [4.69, 9.17) is 0 Å². The fourth-order valence-electron chi connectivity index (χ4n) is 2.98. The molecule has 0 radical (unpaired) electrons. The molecule has 24 heavy (non-hydrogen) atoms. The topological polar surface area (TPSA) is 49.4 Å². The van der Waals surface area contributed by atoms with Crippen LogP contribution in [-0.4, -0.2) is 17.9 Å². The predicted molar refractivity (Wildman–Crippen MR) is 96.4 cm³/mol. The number of carbonyl (C=O) groups is 2. The van der Waals surface area contributed by atoms with Crippen molar-refractivity contribution >= 4 is 23.2 Å². The molecule has 0 aliphatic carbocycles. The predicted octanol–water partition coefficient (Wildman–Crippen LogP) is 3.66. The van der Waals surface area contributed by atoms with Gasteiger partial charge in [0.05, 0.1) is 12.1 Å². The molecule has 2 aromatic rings. The molecule has 1 heterocycles. The number of hydrogen-bond acceptors (Lipinski definition) is 3. The van der Waals surface area contributed by atoms with Crippen molar-refractivity contribution in [1.29, 1.82) is 0 Å². The van der Waals surface area contributed by atoms with Gasteiger partial charge in [-0.05, 0) is 68.1 Å². The second-order valence-corrected chi connectivity index (χ2v) is 6.48. The van der Waals surface area contributed by atoms with E-state index in [9.17, 15) is 9.59 Å². The molecule has 1 N–H and O–H groups in total. The van der Waals surface area contributed by atoms with Crippen LogP contribution in [-0.2, 0) is 9.59 Å². The average Bonchev–Trinajstić information content (AvgIpc) is 2.81. The summed E-state index contributed by atoms with van der Waals surface area (Å²) < 4.78 is 0. The summed E-state index contributed by atoms with van der Waals surface area (Å²) in [6.45, 7) is 8.04. The highest BCUT2D eigenvalue weighted by atomic mass is 16.2. The van der Waals surface area contributed by atoms with Crippen molar-refractivity contribution in [1.82, 2.24) is 0 Å². The van der Waals surface area contributed by atoms with Crippen molar-refractivity contribution in [3.63, 3.8) is 0 Å². The van der Waals surface area contributed by atoms with Gasteiger partial charge in [-0.25, -0.2) is 4.90 Å². The summed E-state index contributed by atoms with van der Waals surface area (Å²) in [6.07, 6.45) is 0.180. The molecule has 2 amide bonds. The van der Waals surface area contributed by atoms with Gasteiger partial charge in [0.15, 0.2) is 0 Å². The zero-order chi connectivity index (χ0) is 17.4. The molecule has 0 spiro atoms. The highest BCUT2D eigenvalue weighted by Gasteiger charge is 2.39. The van der Waals surface area contributed by atoms with Crippen LogP contribution in [0.3, 0.4) is 0 Å². The maximum atomic E-state index is 12.8. The van der Waals surface area contributed by atoms with E-state index in [1.54, 1.807) is 0 Å². The lowest BCUT2D eigenvalue weighted by Crippen LogP contribution is -2.35. The Bertz CT molecular complexity index is 826. The third kappa shape index (κ3) is 2.80. The van der Waals surface area contributed by atoms with E-state index in [1.165, 1.54) is 4.90 Å². The van der Waals surface area contributed by atoms with E-state index in [-0.39, 0.29) is 18.2 Å². The Morgan fingerprint density at radius 3 is 2.42 bits per heavy atom. The van der Waals surface area contributed by atoms with Crippen LogP contribution in [0.5, 0.6) is 0 Å². The van der Waals surface area contributed by atoms with E-state index in [0.29, 0.717) is 5.69 Å². The van der Waals surface area contributed by atoms with Gasteiger partial charge in [0.25, 0.3) is 5.91 Å². The highest BCUT2D eigenvalue weighted by Crippen LogP contribution is 2.28. The van der Waals surface area contributed by atoms with Gasteiger partial charge < -0.3 is 5.32 Å². The Labute approximate surface area is 142 Å². The van der Waals surface area contributed by atoms with E-state index in [0.717, 1.165) is 27.9 Å². The second kappa shape index (κ2) is 6.11. The van der Waals surface area contributed by atoms with Crippen LogP contribution in [0.15, 0.2) is 36.4 Å². The van der Waals surface area contributed by atoms with Gasteiger partial charge in [0.1, 0.15) is 6.04 Å². The van der Waals surface area contributed by atoms with Crippen LogP contribution in [0.4, 0.5) is 11.4 Å². The first-order valence-electron chi connectivity index (χ1n) is 8.15. The standard InChI is InChI=1S/C20H22N2O2/c1-12-8-9-16(10-14(12)3)22-19(23)11-18(20(22)24)21-17-7-5-6-13(2)15(17)4/h5-10,18,21H,11H2,1-4H3. The molecule has 4 heteroatoms. The molecule has 1 atom stereocenters. The summed E-state index contributed by atoms with van der Waals surface area (Å²) in [5, 5.41) is 3.24. The van der Waals surface area contributed by atoms with Crippen LogP contribution in [0, 0.1) is 27.7 Å². The Balaban J connectivity index is 1.86. The van der Waals surface area contributed by atoms with Crippen LogP contribution in [0.25, 0.3) is 0 Å². The number of anilines is 2. The van der Waals surface area contributed by atoms with E-state index < -0.39 is 6.04 Å². The second-order valence-electron chi connectivity index (χ2n) is 6.48. The molecule has 0 aromatic heterocycles. The minimum atomic E-state index is -0.514. The highest BCUT2D eigenvalue weighted by molar-refractivity contribution is 6.23. The zero-order valence-electron chi connectivity index (χ0n) is 14.5. The Kier molecular flexibility index (Phi) is 4.14. The number of aryl methyl sites for hydroxylation is 3. The summed E-state index contributed by atoms with van der Waals surface area (Å²) in [5.41, 5.74) is 6.02. The average molecular weight is 322 g/mol. The smallest absolute Gasteiger partial charge is 0.256 e. The third-order valence-corrected chi connectivity index (χ3v) is 4.83. The molecule has 1 fully saturated rings. The summed E-state index contributed by atoms with van der Waals surface area (Å²) in [6, 6.07) is 11.1. The van der Waals surface area contributed by atoms with Gasteiger partial charge >= 0.3 is 0 Å². The summed E-state index contributed by atoms with van der Waals surface area (Å²) in [7, 11) is 0. The van der Waals surface area contributed by atoms with Crippen LogP contribution < -0.4 is 10.2 Å². The fraction of sp³-hybridized carbons (Fsp3) is 0.300. The van der Waals surface area contributed by atoms with Crippen LogP contribution in [0.2, 0.25) is 0 Å². The summed E-state index contributed by atoms with van der Waals surface area (Å²) >= 11 is 0. The van der Waals surface area contributed by atoms with Gasteiger partial charge in [0.2, 0.25) is 5.91 Å². The normalized spacial score (nSPS) is 17.5. The number of hydrogen-bond donors (Lipinski definition) is 1. The van der Waals surface area contributed by atoms with Crippen molar-refractivity contribution in [2.75, 3.05) is 10.2 Å². The molecule has 4 nitrogen and oxygen atoms in total. The lowest BCUT2D eigenvalue weighted by molar-refractivity contribution is -0.121. The monoisotopic (exact) mass is 322 g/mol. The Morgan fingerprint density at radius 1 is 0.958 bits per heavy atom. The van der Waals surface area contributed by atoms with Gasteiger partial charge in [-0.1, -0.05) is 18.2 Å². The first kappa shape index (κ1) is 16.2. The minimum absolute atomic E-state index is 0.161. The Hall–Kier alpha value is -2.62. The number of imide groups is 1. The van der Waals surface area contributed by atoms with Gasteiger partial charge in [-0.2, -0.15) is 0 Å². The maximum absolute atomic E-state index is 12.8. The Morgan fingerprint density at radius 2 is 1.71 bits per heavy atom. The van der Waals surface area contributed by atoms with Crippen molar-refractivity contribution in [2.45, 2.75) is 40.2 Å². The number of amides is 2. The molecule has 0 bridgehead atoms. The molecule has 0 saturated carbocycles. The van der Waals surface area contributed by atoms with E-state index in [2.05, 4.69) is 5.32 Å². The van der Waals surface area contributed by atoms with Crippen LogP contribution in [0.1, 0.15) is 28.7 Å². The number of nitrogens with one attached hydrogen (secondary N) is 1. The molecular formula is C20H22N2O2. The largest absolute Gasteiger partial charge is 0.373 e. The number of rotatable bonds is 3. The van der Waals surface area contributed by atoms with Crippen molar-refractivity contribution in [3.8, 4) is 0 Å². The fourth-order valence-corrected chi connectivity index (χ4v) is 2.98. The molecular weight excluding hydrogens is 300 g/mol. The quantitative estimate of drug-likeness (QED) is 0.877. The van der Waals surface area contributed by atoms with E-state index >= 15 is 0 Å². The molecule has 1 aliphatic heterocycles. The molecule has 3 rings (SSSR count). The third-order valence-electron chi connectivity index (χ3n) is 4.83. The molecule has 124 valence electrons. The van der Waals surface area contributed by atoms with Crippen molar-refractivity contribution < 1.29 is 9.59 Å². The lowest BCUT2D eigenvalue weighted by atomic mass is 10.1. The molecule has 1 aliphatic rings. The number of benzene rings is 2. The van der Waals surface area contributed by atoms with E-state index in [1.807, 2.05) is 64.1 Å². The first-order chi connectivity index (χ1) is 11.4. The first-order valence-corrected chi connectivity index (χ1v) is 8.15. The zero-order valence-corrected chi connectivity index (χ0v) is 14.5.